The third-order valence-electron chi connectivity index (χ3n) is 6.18. The predicted molar refractivity (Wildman–Crippen MR) is 134 cm³/mol. The monoisotopic (exact) mass is 438 g/mol. The highest BCUT2D eigenvalue weighted by Crippen LogP contribution is 2.27. The van der Waals surface area contributed by atoms with Gasteiger partial charge in [0.15, 0.2) is 0 Å². The average molecular weight is 439 g/mol. The number of fused-ring (bicyclic) bond motifs is 1. The van der Waals surface area contributed by atoms with Gasteiger partial charge in [-0.3, -0.25) is 9.88 Å². The first-order valence-corrected chi connectivity index (χ1v) is 11.5. The summed E-state index contributed by atoms with van der Waals surface area (Å²) in [4.78, 5) is 14.2. The van der Waals surface area contributed by atoms with Crippen LogP contribution in [0.3, 0.4) is 0 Å². The first-order valence-electron chi connectivity index (χ1n) is 11.5. The molecule has 0 spiro atoms. The van der Waals surface area contributed by atoms with Crippen molar-refractivity contribution in [1.29, 1.82) is 0 Å². The number of para-hydroxylation sites is 1. The van der Waals surface area contributed by atoms with Crippen molar-refractivity contribution < 1.29 is 4.74 Å². The Balaban J connectivity index is 1.30. The summed E-state index contributed by atoms with van der Waals surface area (Å²) < 4.78 is 6.11. The molecule has 5 nitrogen and oxygen atoms in total. The maximum atomic E-state index is 6.11. The van der Waals surface area contributed by atoms with Crippen LogP contribution < -0.4 is 4.90 Å². The highest BCUT2D eigenvalue weighted by Gasteiger charge is 2.24. The smallest absolute Gasteiger partial charge is 0.133 e. The van der Waals surface area contributed by atoms with E-state index in [1.165, 1.54) is 22.1 Å². The second-order valence-corrected chi connectivity index (χ2v) is 8.91. The van der Waals surface area contributed by atoms with Gasteiger partial charge >= 0.3 is 0 Å². The van der Waals surface area contributed by atoms with Crippen LogP contribution in [0, 0.1) is 0 Å². The van der Waals surface area contributed by atoms with Crippen LogP contribution in [0.15, 0.2) is 79.0 Å². The lowest BCUT2D eigenvalue weighted by atomic mass is 10.1. The number of hydrogen-bond donors (Lipinski definition) is 0. The van der Waals surface area contributed by atoms with Crippen LogP contribution >= 0.6 is 0 Å². The Hall–Kier alpha value is -3.28. The van der Waals surface area contributed by atoms with Crippen LogP contribution in [0.4, 0.5) is 5.82 Å². The first kappa shape index (κ1) is 21.6. The molecular weight excluding hydrogens is 408 g/mol. The van der Waals surface area contributed by atoms with Crippen molar-refractivity contribution >= 4 is 16.7 Å². The normalized spacial score (nSPS) is 16.7. The van der Waals surface area contributed by atoms with Crippen molar-refractivity contribution in [2.24, 2.45) is 0 Å². The molecule has 1 unspecified atom stereocenters. The van der Waals surface area contributed by atoms with Crippen LogP contribution in [0.2, 0.25) is 0 Å². The van der Waals surface area contributed by atoms with E-state index < -0.39 is 0 Å². The molecule has 1 saturated heterocycles. The van der Waals surface area contributed by atoms with E-state index in [2.05, 4.69) is 84.6 Å². The lowest BCUT2D eigenvalue weighted by Crippen LogP contribution is -2.38. The molecule has 1 atom stereocenters. The number of hydrogen-bond acceptors (Lipinski definition) is 5. The third-order valence-corrected chi connectivity index (χ3v) is 6.18. The van der Waals surface area contributed by atoms with Gasteiger partial charge in [-0.05, 0) is 35.7 Å². The maximum Gasteiger partial charge on any atom is 0.133 e. The summed E-state index contributed by atoms with van der Waals surface area (Å²) in [6, 6.07) is 25.4. The van der Waals surface area contributed by atoms with Crippen molar-refractivity contribution in [2.75, 3.05) is 38.7 Å². The topological polar surface area (TPSA) is 41.5 Å². The van der Waals surface area contributed by atoms with E-state index in [1.54, 1.807) is 0 Å². The summed E-state index contributed by atoms with van der Waals surface area (Å²) in [7, 11) is 4.12. The van der Waals surface area contributed by atoms with Gasteiger partial charge in [0.05, 0.1) is 17.8 Å². The zero-order chi connectivity index (χ0) is 22.6. The van der Waals surface area contributed by atoms with Crippen molar-refractivity contribution in [2.45, 2.75) is 19.1 Å². The Morgan fingerprint density at radius 1 is 0.970 bits per heavy atom. The zero-order valence-corrected chi connectivity index (χ0v) is 19.3. The van der Waals surface area contributed by atoms with E-state index in [1.807, 2.05) is 18.3 Å². The van der Waals surface area contributed by atoms with E-state index in [4.69, 9.17) is 14.7 Å². The molecule has 0 bridgehead atoms. The minimum absolute atomic E-state index is 0.0132. The molecule has 0 saturated carbocycles. The molecule has 0 aliphatic carbocycles. The largest absolute Gasteiger partial charge is 0.369 e. The minimum Gasteiger partial charge on any atom is -0.369 e. The van der Waals surface area contributed by atoms with Gasteiger partial charge in [-0.25, -0.2) is 4.98 Å². The van der Waals surface area contributed by atoms with Gasteiger partial charge in [0.1, 0.15) is 11.9 Å². The van der Waals surface area contributed by atoms with E-state index in [-0.39, 0.29) is 6.10 Å². The fourth-order valence-electron chi connectivity index (χ4n) is 4.48. The van der Waals surface area contributed by atoms with Crippen LogP contribution in [0.25, 0.3) is 10.9 Å². The number of pyridine rings is 2. The summed E-state index contributed by atoms with van der Waals surface area (Å²) in [6.45, 7) is 3.28. The first-order chi connectivity index (χ1) is 16.2. The summed E-state index contributed by atoms with van der Waals surface area (Å²) in [5.41, 5.74) is 5.79. The molecule has 1 fully saturated rings. The SMILES string of the molecule is CN(C)c1nc2ccccc2cc1CN1CCOC(c2ccc(Cc3ccccc3)cn2)C1. The Labute approximate surface area is 195 Å². The lowest BCUT2D eigenvalue weighted by Gasteiger charge is -2.33. The number of aromatic nitrogens is 2. The molecule has 5 rings (SSSR count). The van der Waals surface area contributed by atoms with Crippen molar-refractivity contribution in [3.8, 4) is 0 Å². The number of ether oxygens (including phenoxy) is 1. The van der Waals surface area contributed by atoms with Crippen molar-refractivity contribution in [3.05, 3.63) is 101 Å². The molecule has 1 aliphatic heterocycles. The number of nitrogens with zero attached hydrogens (tertiary/aromatic N) is 4. The zero-order valence-electron chi connectivity index (χ0n) is 19.3. The molecule has 3 heterocycles. The number of anilines is 1. The quantitative estimate of drug-likeness (QED) is 0.430. The van der Waals surface area contributed by atoms with Gasteiger partial charge in [-0.1, -0.05) is 54.6 Å². The van der Waals surface area contributed by atoms with E-state index >= 15 is 0 Å². The highest BCUT2D eigenvalue weighted by molar-refractivity contribution is 5.81. The molecule has 2 aromatic carbocycles. The molecule has 0 N–H and O–H groups in total. The summed E-state index contributed by atoms with van der Waals surface area (Å²) in [5, 5.41) is 1.18. The molecule has 0 amide bonds. The standard InChI is InChI=1S/C28H30N4O/c1-31(2)28-24(17-23-10-6-7-11-25(23)30-28)19-32-14-15-33-27(20-32)26-13-12-22(18-29-26)16-21-8-4-3-5-9-21/h3-13,17-18,27H,14-16,19-20H2,1-2H3. The van der Waals surface area contributed by atoms with Crippen LogP contribution in [-0.4, -0.2) is 48.7 Å². The Bertz CT molecular complexity index is 1210. The average Bonchev–Trinajstić information content (AvgIpc) is 2.85. The molecule has 33 heavy (non-hydrogen) atoms. The molecule has 168 valence electrons. The predicted octanol–water partition coefficient (Wildman–Crippen LogP) is 4.86. The minimum atomic E-state index is -0.0132. The molecule has 5 heteroatoms. The fraction of sp³-hybridized carbons (Fsp3) is 0.286. The van der Waals surface area contributed by atoms with Gasteiger partial charge in [0.25, 0.3) is 0 Å². The van der Waals surface area contributed by atoms with E-state index in [9.17, 15) is 0 Å². The summed E-state index contributed by atoms with van der Waals surface area (Å²) in [5.74, 6) is 1.03. The molecule has 2 aromatic heterocycles. The van der Waals surface area contributed by atoms with Gasteiger partial charge in [0, 0.05) is 50.9 Å². The maximum absolute atomic E-state index is 6.11. The Morgan fingerprint density at radius 2 is 1.79 bits per heavy atom. The third kappa shape index (κ3) is 5.05. The molecule has 1 aliphatic rings. The van der Waals surface area contributed by atoms with Gasteiger partial charge < -0.3 is 9.64 Å². The van der Waals surface area contributed by atoms with Crippen LogP contribution in [0.5, 0.6) is 0 Å². The molecule has 0 radical (unpaired) electrons. The fourth-order valence-corrected chi connectivity index (χ4v) is 4.48. The number of benzene rings is 2. The summed E-state index contributed by atoms with van der Waals surface area (Å²) >= 11 is 0. The Morgan fingerprint density at radius 3 is 2.58 bits per heavy atom. The van der Waals surface area contributed by atoms with E-state index in [0.717, 1.165) is 43.1 Å². The summed E-state index contributed by atoms with van der Waals surface area (Å²) in [6.07, 6.45) is 2.87. The Kier molecular flexibility index (Phi) is 6.33. The van der Waals surface area contributed by atoms with Crippen molar-refractivity contribution in [1.82, 2.24) is 14.9 Å². The lowest BCUT2D eigenvalue weighted by molar-refractivity contribution is -0.0349. The molecule has 4 aromatic rings. The van der Waals surface area contributed by atoms with Gasteiger partial charge in [-0.15, -0.1) is 0 Å². The van der Waals surface area contributed by atoms with Gasteiger partial charge in [-0.2, -0.15) is 0 Å². The number of morpholine rings is 1. The second kappa shape index (κ2) is 9.69. The van der Waals surface area contributed by atoms with Gasteiger partial charge in [0.2, 0.25) is 0 Å². The van der Waals surface area contributed by atoms with Crippen LogP contribution in [0.1, 0.15) is 28.5 Å². The second-order valence-electron chi connectivity index (χ2n) is 8.91. The molecular formula is C28H30N4O. The van der Waals surface area contributed by atoms with E-state index in [0.29, 0.717) is 6.61 Å². The van der Waals surface area contributed by atoms with Crippen LogP contribution in [-0.2, 0) is 17.7 Å². The number of rotatable bonds is 6. The highest BCUT2D eigenvalue weighted by atomic mass is 16.5. The van der Waals surface area contributed by atoms with Crippen molar-refractivity contribution in [3.63, 3.8) is 0 Å².